The van der Waals surface area contributed by atoms with Crippen LogP contribution in [0.4, 0.5) is 14.5 Å². The first kappa shape index (κ1) is 25.6. The summed E-state index contributed by atoms with van der Waals surface area (Å²) in [5.41, 5.74) is 1.85. The first-order valence-corrected chi connectivity index (χ1v) is 11.9. The van der Waals surface area contributed by atoms with E-state index in [1.54, 1.807) is 18.2 Å². The second-order valence-electron chi connectivity index (χ2n) is 8.17. The number of anilines is 1. The van der Waals surface area contributed by atoms with Gasteiger partial charge in [0.15, 0.2) is 5.78 Å². The Kier molecular flexibility index (Phi) is 7.26. The standard InChI is InChI=1S/C26H17Cl4F2NO2/c1-2-13-7-15(9-16(27)8-13)23-24(26(23,29)30)25(35)33-18-5-6-20(28)19(12-18)22(34)10-14-3-4-17(31)11-21(14)32/h2-9,11-12,23-24H,1,10H2,(H,33,35). The molecule has 3 nitrogen and oxygen atoms in total. The number of rotatable bonds is 7. The molecule has 1 fully saturated rings. The SMILES string of the molecule is C=Cc1cc(Cl)cc(C2C(C(=O)Nc3ccc(Cl)c(C(=O)Cc4ccc(F)cc4F)c3)C2(Cl)Cl)c1. The molecule has 9 heteroatoms. The molecule has 0 aromatic heterocycles. The van der Waals surface area contributed by atoms with Crippen LogP contribution in [0.5, 0.6) is 0 Å². The van der Waals surface area contributed by atoms with Crippen LogP contribution in [0.25, 0.3) is 6.08 Å². The summed E-state index contributed by atoms with van der Waals surface area (Å²) < 4.78 is 25.8. The van der Waals surface area contributed by atoms with E-state index in [0.29, 0.717) is 16.7 Å². The van der Waals surface area contributed by atoms with Crippen molar-refractivity contribution in [2.75, 3.05) is 5.32 Å². The molecule has 4 rings (SSSR count). The van der Waals surface area contributed by atoms with E-state index in [4.69, 9.17) is 46.4 Å². The summed E-state index contributed by atoms with van der Waals surface area (Å²) in [7, 11) is 0. The summed E-state index contributed by atoms with van der Waals surface area (Å²) in [4.78, 5) is 25.8. The fourth-order valence-corrected chi connectivity index (χ4v) is 5.27. The summed E-state index contributed by atoms with van der Waals surface area (Å²) in [5.74, 6) is -3.80. The summed E-state index contributed by atoms with van der Waals surface area (Å²) >= 11 is 25.2. The molecule has 1 saturated carbocycles. The van der Waals surface area contributed by atoms with Crippen LogP contribution in [-0.4, -0.2) is 16.0 Å². The van der Waals surface area contributed by atoms with Gasteiger partial charge in [-0.15, -0.1) is 23.2 Å². The summed E-state index contributed by atoms with van der Waals surface area (Å²) in [5, 5.41) is 3.30. The van der Waals surface area contributed by atoms with Crippen molar-refractivity contribution in [3.8, 4) is 0 Å². The molecule has 0 aliphatic heterocycles. The third-order valence-electron chi connectivity index (χ3n) is 5.77. The van der Waals surface area contributed by atoms with E-state index in [1.165, 1.54) is 24.3 Å². The summed E-state index contributed by atoms with van der Waals surface area (Å²) in [6, 6.07) is 12.6. The molecule has 2 atom stereocenters. The number of carbonyl (C=O) groups is 2. The highest BCUT2D eigenvalue weighted by Gasteiger charge is 2.67. The molecule has 0 radical (unpaired) electrons. The van der Waals surface area contributed by atoms with Crippen molar-refractivity contribution in [3.63, 3.8) is 0 Å². The van der Waals surface area contributed by atoms with Crippen LogP contribution in [0, 0.1) is 17.6 Å². The maximum Gasteiger partial charge on any atom is 0.231 e. The Balaban J connectivity index is 1.52. The lowest BCUT2D eigenvalue weighted by Gasteiger charge is -2.10. The smallest absolute Gasteiger partial charge is 0.231 e. The van der Waals surface area contributed by atoms with Gasteiger partial charge in [0.25, 0.3) is 0 Å². The van der Waals surface area contributed by atoms with Gasteiger partial charge < -0.3 is 5.32 Å². The maximum absolute atomic E-state index is 14.0. The van der Waals surface area contributed by atoms with Crippen LogP contribution in [0.15, 0.2) is 61.2 Å². The van der Waals surface area contributed by atoms with Crippen LogP contribution in [-0.2, 0) is 11.2 Å². The van der Waals surface area contributed by atoms with E-state index in [1.807, 2.05) is 6.07 Å². The number of ketones is 1. The molecular weight excluding hydrogens is 538 g/mol. The molecule has 1 aliphatic rings. The molecule has 1 N–H and O–H groups in total. The van der Waals surface area contributed by atoms with Gasteiger partial charge in [-0.2, -0.15) is 0 Å². The van der Waals surface area contributed by atoms with Crippen molar-refractivity contribution in [1.29, 1.82) is 0 Å². The second-order valence-corrected chi connectivity index (χ2v) is 10.5. The van der Waals surface area contributed by atoms with Crippen molar-refractivity contribution in [2.24, 2.45) is 5.92 Å². The van der Waals surface area contributed by atoms with E-state index >= 15 is 0 Å². The van der Waals surface area contributed by atoms with Crippen LogP contribution >= 0.6 is 46.4 Å². The molecule has 2 unspecified atom stereocenters. The molecule has 1 aliphatic carbocycles. The zero-order valence-electron chi connectivity index (χ0n) is 17.9. The number of benzene rings is 3. The van der Waals surface area contributed by atoms with Gasteiger partial charge in [0.1, 0.15) is 16.0 Å². The number of carbonyl (C=O) groups excluding carboxylic acids is 2. The molecule has 3 aromatic rings. The van der Waals surface area contributed by atoms with Crippen molar-refractivity contribution >= 4 is 69.9 Å². The predicted molar refractivity (Wildman–Crippen MR) is 137 cm³/mol. The summed E-state index contributed by atoms with van der Waals surface area (Å²) in [6.45, 7) is 3.72. The van der Waals surface area contributed by atoms with Gasteiger partial charge in [0.05, 0.1) is 10.9 Å². The molecule has 180 valence electrons. The maximum atomic E-state index is 14.0. The van der Waals surface area contributed by atoms with E-state index in [2.05, 4.69) is 11.9 Å². The fourth-order valence-electron chi connectivity index (χ4n) is 3.97. The van der Waals surface area contributed by atoms with Gasteiger partial charge in [-0.05, 0) is 53.1 Å². The Morgan fingerprint density at radius 3 is 2.46 bits per heavy atom. The van der Waals surface area contributed by atoms with Crippen LogP contribution in [0.1, 0.15) is 33.0 Å². The van der Waals surface area contributed by atoms with E-state index in [9.17, 15) is 18.4 Å². The lowest BCUT2D eigenvalue weighted by molar-refractivity contribution is -0.117. The van der Waals surface area contributed by atoms with Gasteiger partial charge in [0.2, 0.25) is 5.91 Å². The van der Waals surface area contributed by atoms with Gasteiger partial charge >= 0.3 is 0 Å². The molecule has 0 spiro atoms. The van der Waals surface area contributed by atoms with Crippen molar-refractivity contribution < 1.29 is 18.4 Å². The third-order valence-corrected chi connectivity index (χ3v) is 7.26. The molecule has 0 saturated heterocycles. The quantitative estimate of drug-likeness (QED) is 0.238. The Hall–Kier alpha value is -2.44. The average Bonchev–Trinajstić information content (AvgIpc) is 3.38. The Bertz CT molecular complexity index is 1360. The predicted octanol–water partition coefficient (Wildman–Crippen LogP) is 7.87. The number of Topliss-reactive ketones (excluding diaryl/α,β-unsaturated/α-hetero) is 1. The van der Waals surface area contributed by atoms with Crippen molar-refractivity contribution in [2.45, 2.75) is 16.7 Å². The lowest BCUT2D eigenvalue weighted by Crippen LogP contribution is -2.17. The van der Waals surface area contributed by atoms with Gasteiger partial charge in [-0.25, -0.2) is 8.78 Å². The molecular formula is C26H17Cl4F2NO2. The normalized spacial score (nSPS) is 18.1. The Morgan fingerprint density at radius 1 is 1.03 bits per heavy atom. The van der Waals surface area contributed by atoms with Gasteiger partial charge in [-0.3, -0.25) is 9.59 Å². The lowest BCUT2D eigenvalue weighted by atomic mass is 10.0. The minimum Gasteiger partial charge on any atom is -0.326 e. The number of halogens is 6. The molecule has 3 aromatic carbocycles. The monoisotopic (exact) mass is 553 g/mol. The first-order valence-electron chi connectivity index (χ1n) is 10.4. The Morgan fingerprint density at radius 2 is 1.77 bits per heavy atom. The molecule has 1 amide bonds. The van der Waals surface area contributed by atoms with Gasteiger partial charge in [0, 0.05) is 34.7 Å². The van der Waals surface area contributed by atoms with Crippen molar-refractivity contribution in [3.05, 3.63) is 105 Å². The topological polar surface area (TPSA) is 46.2 Å². The highest BCUT2D eigenvalue weighted by atomic mass is 35.5. The number of hydrogen-bond acceptors (Lipinski definition) is 2. The summed E-state index contributed by atoms with van der Waals surface area (Å²) in [6.07, 6.45) is 1.29. The van der Waals surface area contributed by atoms with Crippen LogP contribution < -0.4 is 5.32 Å². The molecule has 35 heavy (non-hydrogen) atoms. The van der Waals surface area contributed by atoms with E-state index < -0.39 is 39.5 Å². The van der Waals surface area contributed by atoms with Gasteiger partial charge in [-0.1, -0.05) is 48.0 Å². The Labute approximate surface area is 220 Å². The van der Waals surface area contributed by atoms with E-state index in [0.717, 1.165) is 11.6 Å². The van der Waals surface area contributed by atoms with Crippen LogP contribution in [0.3, 0.4) is 0 Å². The second kappa shape index (κ2) is 9.90. The number of amides is 1. The average molecular weight is 555 g/mol. The third kappa shape index (κ3) is 5.39. The highest BCUT2D eigenvalue weighted by Crippen LogP contribution is 2.65. The van der Waals surface area contributed by atoms with Crippen LogP contribution in [0.2, 0.25) is 10.0 Å². The van der Waals surface area contributed by atoms with Crippen molar-refractivity contribution in [1.82, 2.24) is 0 Å². The highest BCUT2D eigenvalue weighted by molar-refractivity contribution is 6.53. The number of hydrogen-bond donors (Lipinski definition) is 1. The first-order chi connectivity index (χ1) is 16.5. The van der Waals surface area contributed by atoms with E-state index in [-0.39, 0.29) is 28.3 Å². The molecule has 0 bridgehead atoms. The zero-order chi connectivity index (χ0) is 25.5. The largest absolute Gasteiger partial charge is 0.326 e. The fraction of sp³-hybridized carbons (Fsp3) is 0.154. The zero-order valence-corrected chi connectivity index (χ0v) is 21.0. The minimum absolute atomic E-state index is 0.0252. The molecule has 0 heterocycles. The number of alkyl halides is 2. The minimum atomic E-state index is -1.35. The number of nitrogens with one attached hydrogen (secondary N) is 1.